The molecule has 0 saturated carbocycles. The van der Waals surface area contributed by atoms with Gasteiger partial charge in [-0.1, -0.05) is 0 Å². The minimum Gasteiger partial charge on any atom is -0.388 e. The van der Waals surface area contributed by atoms with Gasteiger partial charge in [0.15, 0.2) is 6.29 Å². The van der Waals surface area contributed by atoms with E-state index in [1.165, 1.54) is 0 Å². The molecule has 0 bridgehead atoms. The summed E-state index contributed by atoms with van der Waals surface area (Å²) in [6, 6.07) is 0. The average molecular weight is 132 g/mol. The summed E-state index contributed by atoms with van der Waals surface area (Å²) in [5, 5.41) is 9.05. The Morgan fingerprint density at radius 1 is 1.44 bits per heavy atom. The van der Waals surface area contributed by atoms with Gasteiger partial charge < -0.3 is 14.6 Å². The fourth-order valence-corrected chi connectivity index (χ4v) is 0.802. The van der Waals surface area contributed by atoms with Gasteiger partial charge in [0.25, 0.3) is 0 Å². The molecule has 1 saturated heterocycles. The molecule has 1 aliphatic rings. The first-order valence-corrected chi connectivity index (χ1v) is 3.15. The Morgan fingerprint density at radius 3 is 2.56 bits per heavy atom. The van der Waals surface area contributed by atoms with Gasteiger partial charge in [0.1, 0.15) is 6.10 Å². The van der Waals surface area contributed by atoms with Crippen LogP contribution in [-0.4, -0.2) is 30.2 Å². The van der Waals surface area contributed by atoms with E-state index in [0.29, 0.717) is 6.61 Å². The Balaban J connectivity index is 2.35. The molecule has 3 atom stereocenters. The van der Waals surface area contributed by atoms with Crippen molar-refractivity contribution in [3.63, 3.8) is 0 Å². The van der Waals surface area contributed by atoms with Crippen LogP contribution >= 0.6 is 0 Å². The normalized spacial score (nSPS) is 45.0. The molecule has 0 amide bonds. The second-order valence-corrected chi connectivity index (χ2v) is 2.31. The molecule has 0 aromatic carbocycles. The van der Waals surface area contributed by atoms with Gasteiger partial charge in [0, 0.05) is 0 Å². The van der Waals surface area contributed by atoms with Crippen LogP contribution in [0, 0.1) is 0 Å². The van der Waals surface area contributed by atoms with E-state index in [9.17, 15) is 0 Å². The monoisotopic (exact) mass is 132 g/mol. The summed E-state index contributed by atoms with van der Waals surface area (Å²) in [4.78, 5) is 0. The highest BCUT2D eigenvalue weighted by atomic mass is 16.7. The molecule has 0 aliphatic carbocycles. The second kappa shape index (κ2) is 2.64. The highest BCUT2D eigenvalue weighted by Crippen LogP contribution is 2.11. The molecule has 0 radical (unpaired) electrons. The zero-order valence-corrected chi connectivity index (χ0v) is 5.70. The van der Waals surface area contributed by atoms with Gasteiger partial charge in [-0.15, -0.1) is 0 Å². The summed E-state index contributed by atoms with van der Waals surface area (Å²) in [5.41, 5.74) is 0. The molecule has 1 N–H and O–H groups in total. The number of hydrogen-bond donors (Lipinski definition) is 1. The number of rotatable bonds is 0. The second-order valence-electron chi connectivity index (χ2n) is 2.31. The Labute approximate surface area is 54.6 Å². The van der Waals surface area contributed by atoms with Crippen LogP contribution in [0.1, 0.15) is 13.8 Å². The first kappa shape index (κ1) is 6.99. The van der Waals surface area contributed by atoms with Crippen molar-refractivity contribution in [2.24, 2.45) is 0 Å². The van der Waals surface area contributed by atoms with Crippen LogP contribution in [0.5, 0.6) is 0 Å². The highest BCUT2D eigenvalue weighted by molar-refractivity contribution is 4.66. The van der Waals surface area contributed by atoms with E-state index in [1.807, 2.05) is 13.8 Å². The Morgan fingerprint density at radius 2 is 2.11 bits per heavy atom. The molecular weight excluding hydrogens is 120 g/mol. The molecular formula is C6H12O3. The van der Waals surface area contributed by atoms with Crippen molar-refractivity contribution in [3.05, 3.63) is 0 Å². The summed E-state index contributed by atoms with van der Waals surface area (Å²) in [6.45, 7) is 4.05. The number of aliphatic hydroxyl groups is 1. The Hall–Kier alpha value is -0.120. The molecule has 1 aliphatic heterocycles. The first-order chi connectivity index (χ1) is 4.20. The highest BCUT2D eigenvalue weighted by Gasteiger charge is 2.23. The topological polar surface area (TPSA) is 38.7 Å². The van der Waals surface area contributed by atoms with Gasteiger partial charge in [0.2, 0.25) is 0 Å². The molecule has 0 spiro atoms. The third-order valence-electron chi connectivity index (χ3n) is 1.45. The fraction of sp³-hybridized carbons (Fsp3) is 1.00. The van der Waals surface area contributed by atoms with Crippen molar-refractivity contribution in [2.45, 2.75) is 32.3 Å². The SMILES string of the molecule is CC1OCC(O)C(C)O1. The predicted molar refractivity (Wildman–Crippen MR) is 32.0 cm³/mol. The quantitative estimate of drug-likeness (QED) is 0.509. The molecule has 54 valence electrons. The lowest BCUT2D eigenvalue weighted by molar-refractivity contribution is -0.238. The summed E-state index contributed by atoms with van der Waals surface area (Å²) in [6.07, 6.45) is -0.710. The van der Waals surface area contributed by atoms with Crippen LogP contribution in [-0.2, 0) is 9.47 Å². The van der Waals surface area contributed by atoms with Crippen LogP contribution in [0.2, 0.25) is 0 Å². The van der Waals surface area contributed by atoms with Gasteiger partial charge in [-0.05, 0) is 13.8 Å². The minimum absolute atomic E-state index is 0.0891. The molecule has 0 aromatic heterocycles. The maximum Gasteiger partial charge on any atom is 0.155 e. The van der Waals surface area contributed by atoms with E-state index in [2.05, 4.69) is 0 Å². The lowest BCUT2D eigenvalue weighted by Crippen LogP contribution is -2.40. The van der Waals surface area contributed by atoms with Gasteiger partial charge in [-0.2, -0.15) is 0 Å². The van der Waals surface area contributed by atoms with Crippen molar-refractivity contribution >= 4 is 0 Å². The van der Waals surface area contributed by atoms with Crippen LogP contribution < -0.4 is 0 Å². The zero-order valence-electron chi connectivity index (χ0n) is 5.70. The molecule has 3 nitrogen and oxygen atoms in total. The molecule has 3 unspecified atom stereocenters. The average Bonchev–Trinajstić information content (AvgIpc) is 1.80. The molecule has 3 heteroatoms. The lowest BCUT2D eigenvalue weighted by Gasteiger charge is -2.29. The van der Waals surface area contributed by atoms with E-state index >= 15 is 0 Å². The van der Waals surface area contributed by atoms with Crippen molar-refractivity contribution in [3.8, 4) is 0 Å². The maximum absolute atomic E-state index is 9.05. The van der Waals surface area contributed by atoms with Gasteiger partial charge in [-0.25, -0.2) is 0 Å². The van der Waals surface area contributed by atoms with E-state index in [-0.39, 0.29) is 12.4 Å². The predicted octanol–water partition coefficient (Wildman–Crippen LogP) is 0.129. The third-order valence-corrected chi connectivity index (χ3v) is 1.45. The molecule has 1 fully saturated rings. The number of ether oxygens (including phenoxy) is 2. The smallest absolute Gasteiger partial charge is 0.155 e. The maximum atomic E-state index is 9.05. The molecule has 1 heterocycles. The van der Waals surface area contributed by atoms with Crippen LogP contribution in [0.3, 0.4) is 0 Å². The van der Waals surface area contributed by atoms with E-state index in [1.54, 1.807) is 0 Å². The Bertz CT molecular complexity index is 94.3. The van der Waals surface area contributed by atoms with Crippen molar-refractivity contribution in [1.82, 2.24) is 0 Å². The first-order valence-electron chi connectivity index (χ1n) is 3.15. The molecule has 0 aromatic rings. The van der Waals surface area contributed by atoms with E-state index in [0.717, 1.165) is 0 Å². The summed E-state index contributed by atoms with van der Waals surface area (Å²) < 4.78 is 10.1. The van der Waals surface area contributed by atoms with Gasteiger partial charge in [-0.3, -0.25) is 0 Å². The molecule has 9 heavy (non-hydrogen) atoms. The van der Waals surface area contributed by atoms with Crippen molar-refractivity contribution in [2.75, 3.05) is 6.61 Å². The fourth-order valence-electron chi connectivity index (χ4n) is 0.802. The van der Waals surface area contributed by atoms with E-state index < -0.39 is 6.10 Å². The number of hydrogen-bond acceptors (Lipinski definition) is 3. The van der Waals surface area contributed by atoms with E-state index in [4.69, 9.17) is 14.6 Å². The molecule has 1 rings (SSSR count). The number of aliphatic hydroxyl groups excluding tert-OH is 1. The summed E-state index contributed by atoms with van der Waals surface area (Å²) in [5.74, 6) is 0. The summed E-state index contributed by atoms with van der Waals surface area (Å²) in [7, 11) is 0. The lowest BCUT2D eigenvalue weighted by atomic mass is 10.2. The van der Waals surface area contributed by atoms with Crippen LogP contribution in [0.15, 0.2) is 0 Å². The Kier molecular flexibility index (Phi) is 2.05. The van der Waals surface area contributed by atoms with Crippen molar-refractivity contribution in [1.29, 1.82) is 0 Å². The summed E-state index contributed by atoms with van der Waals surface area (Å²) >= 11 is 0. The van der Waals surface area contributed by atoms with Gasteiger partial charge >= 0.3 is 0 Å². The third kappa shape index (κ3) is 1.64. The van der Waals surface area contributed by atoms with Crippen LogP contribution in [0.25, 0.3) is 0 Å². The largest absolute Gasteiger partial charge is 0.388 e. The standard InChI is InChI=1S/C6H12O3/c1-4-6(7)3-8-5(2)9-4/h4-7H,3H2,1-2H3. The minimum atomic E-state index is -0.457. The zero-order chi connectivity index (χ0) is 6.85. The van der Waals surface area contributed by atoms with Crippen molar-refractivity contribution < 1.29 is 14.6 Å². The van der Waals surface area contributed by atoms with Crippen LogP contribution in [0.4, 0.5) is 0 Å². The van der Waals surface area contributed by atoms with Gasteiger partial charge in [0.05, 0.1) is 12.7 Å².